The largest absolute Gasteiger partial charge is 0.481 e. The van der Waals surface area contributed by atoms with Crippen molar-refractivity contribution in [2.75, 3.05) is 6.54 Å². The van der Waals surface area contributed by atoms with Crippen LogP contribution in [0.2, 0.25) is 0 Å². The molecule has 1 heterocycles. The Kier molecular flexibility index (Phi) is 4.80. The highest BCUT2D eigenvalue weighted by molar-refractivity contribution is 5.80. The Morgan fingerprint density at radius 2 is 1.95 bits per heavy atom. The normalized spacial score (nSPS) is 31.4. The SMILES string of the molecule is NC1CCCC1C(=O)N1CCCCC1CCC(=O)O. The predicted octanol–water partition coefficient (Wildman–Crippen LogP) is 1.36. The average molecular weight is 268 g/mol. The van der Waals surface area contributed by atoms with Gasteiger partial charge < -0.3 is 15.7 Å². The molecule has 3 atom stereocenters. The van der Waals surface area contributed by atoms with E-state index in [1.54, 1.807) is 0 Å². The summed E-state index contributed by atoms with van der Waals surface area (Å²) in [5, 5.41) is 8.80. The first-order valence-electron chi connectivity index (χ1n) is 7.37. The van der Waals surface area contributed by atoms with Crippen molar-refractivity contribution in [1.82, 2.24) is 4.90 Å². The monoisotopic (exact) mass is 268 g/mol. The van der Waals surface area contributed by atoms with Crippen LogP contribution >= 0.6 is 0 Å². The summed E-state index contributed by atoms with van der Waals surface area (Å²) in [4.78, 5) is 25.2. The zero-order chi connectivity index (χ0) is 13.8. The van der Waals surface area contributed by atoms with Crippen molar-refractivity contribution in [3.05, 3.63) is 0 Å². The number of carbonyl (C=O) groups is 2. The molecule has 3 N–H and O–H groups in total. The van der Waals surface area contributed by atoms with Gasteiger partial charge in [0.2, 0.25) is 5.91 Å². The van der Waals surface area contributed by atoms with Gasteiger partial charge in [0.05, 0.1) is 5.92 Å². The third kappa shape index (κ3) is 3.47. The standard InChI is InChI=1S/C14H24N2O3/c15-12-6-3-5-11(12)14(19)16-9-2-1-4-10(16)7-8-13(17)18/h10-12H,1-9,15H2,(H,17,18). The summed E-state index contributed by atoms with van der Waals surface area (Å²) in [5.74, 6) is -0.652. The molecule has 0 aromatic heterocycles. The lowest BCUT2D eigenvalue weighted by Gasteiger charge is -2.38. The van der Waals surface area contributed by atoms with E-state index in [1.165, 1.54) is 0 Å². The summed E-state index contributed by atoms with van der Waals surface area (Å²) in [6.45, 7) is 0.770. The highest BCUT2D eigenvalue weighted by Gasteiger charge is 2.36. The lowest BCUT2D eigenvalue weighted by molar-refractivity contribution is -0.142. The lowest BCUT2D eigenvalue weighted by Crippen LogP contribution is -2.49. The van der Waals surface area contributed by atoms with Crippen molar-refractivity contribution in [3.63, 3.8) is 0 Å². The van der Waals surface area contributed by atoms with E-state index in [-0.39, 0.29) is 30.3 Å². The second kappa shape index (κ2) is 6.37. The molecule has 1 saturated heterocycles. The number of rotatable bonds is 4. The molecule has 1 amide bonds. The minimum absolute atomic E-state index is 0.00505. The third-order valence-corrected chi connectivity index (χ3v) is 4.49. The Hall–Kier alpha value is -1.10. The predicted molar refractivity (Wildman–Crippen MR) is 71.5 cm³/mol. The highest BCUT2D eigenvalue weighted by Crippen LogP contribution is 2.29. The van der Waals surface area contributed by atoms with Crippen molar-refractivity contribution in [1.29, 1.82) is 0 Å². The van der Waals surface area contributed by atoms with Gasteiger partial charge in [0, 0.05) is 25.0 Å². The molecule has 0 spiro atoms. The van der Waals surface area contributed by atoms with Gasteiger partial charge in [-0.25, -0.2) is 0 Å². The van der Waals surface area contributed by atoms with Crippen LogP contribution in [0.4, 0.5) is 0 Å². The van der Waals surface area contributed by atoms with Gasteiger partial charge in [-0.2, -0.15) is 0 Å². The minimum Gasteiger partial charge on any atom is -0.481 e. The summed E-state index contributed by atoms with van der Waals surface area (Å²) in [6.07, 6.45) is 6.62. The quantitative estimate of drug-likeness (QED) is 0.806. The van der Waals surface area contributed by atoms with Gasteiger partial charge in [-0.3, -0.25) is 9.59 Å². The minimum atomic E-state index is -0.782. The van der Waals surface area contributed by atoms with Crippen molar-refractivity contribution in [2.24, 2.45) is 11.7 Å². The van der Waals surface area contributed by atoms with Crippen LogP contribution in [0.1, 0.15) is 51.4 Å². The average Bonchev–Trinajstić information content (AvgIpc) is 2.82. The Balaban J connectivity index is 1.97. The molecule has 1 aliphatic heterocycles. The van der Waals surface area contributed by atoms with Crippen LogP contribution in [0.15, 0.2) is 0 Å². The number of nitrogens with zero attached hydrogens (tertiary/aromatic N) is 1. The summed E-state index contributed by atoms with van der Waals surface area (Å²) in [6, 6.07) is 0.0969. The van der Waals surface area contributed by atoms with Crippen LogP contribution in [0.25, 0.3) is 0 Å². The molecule has 0 bridgehead atoms. The molecular weight excluding hydrogens is 244 g/mol. The fourth-order valence-corrected chi connectivity index (χ4v) is 3.39. The van der Waals surface area contributed by atoms with Crippen molar-refractivity contribution in [2.45, 2.75) is 63.5 Å². The smallest absolute Gasteiger partial charge is 0.303 e. The third-order valence-electron chi connectivity index (χ3n) is 4.49. The molecule has 1 aliphatic carbocycles. The van der Waals surface area contributed by atoms with Gasteiger partial charge >= 0.3 is 5.97 Å². The number of hydrogen-bond donors (Lipinski definition) is 2. The summed E-state index contributed by atoms with van der Waals surface area (Å²) in [7, 11) is 0. The van der Waals surface area contributed by atoms with Gasteiger partial charge in [0.15, 0.2) is 0 Å². The van der Waals surface area contributed by atoms with Crippen molar-refractivity contribution >= 4 is 11.9 Å². The molecule has 5 heteroatoms. The maximum Gasteiger partial charge on any atom is 0.303 e. The molecule has 0 aromatic carbocycles. The van der Waals surface area contributed by atoms with E-state index in [0.717, 1.165) is 45.1 Å². The van der Waals surface area contributed by atoms with E-state index in [1.807, 2.05) is 4.90 Å². The van der Waals surface area contributed by atoms with E-state index in [4.69, 9.17) is 10.8 Å². The molecule has 1 saturated carbocycles. The van der Waals surface area contributed by atoms with Gasteiger partial charge in [-0.05, 0) is 38.5 Å². The van der Waals surface area contributed by atoms with E-state index in [9.17, 15) is 9.59 Å². The molecule has 2 aliphatic rings. The van der Waals surface area contributed by atoms with Crippen LogP contribution in [0, 0.1) is 5.92 Å². The van der Waals surface area contributed by atoms with Crippen LogP contribution in [0.5, 0.6) is 0 Å². The van der Waals surface area contributed by atoms with Crippen LogP contribution in [0.3, 0.4) is 0 Å². The lowest BCUT2D eigenvalue weighted by atomic mass is 9.94. The number of amides is 1. The van der Waals surface area contributed by atoms with Crippen molar-refractivity contribution in [3.8, 4) is 0 Å². The maximum absolute atomic E-state index is 12.6. The number of aliphatic carboxylic acids is 1. The molecule has 5 nitrogen and oxygen atoms in total. The number of nitrogens with two attached hydrogens (primary N) is 1. The summed E-state index contributed by atoms with van der Waals surface area (Å²) in [5.41, 5.74) is 6.01. The number of piperidine rings is 1. The molecular formula is C14H24N2O3. The number of hydrogen-bond acceptors (Lipinski definition) is 3. The molecule has 3 unspecified atom stereocenters. The van der Waals surface area contributed by atoms with Gasteiger partial charge in [-0.15, -0.1) is 0 Å². The number of carboxylic acid groups (broad SMARTS) is 1. The topological polar surface area (TPSA) is 83.6 Å². The van der Waals surface area contributed by atoms with Crippen LogP contribution in [-0.4, -0.2) is 40.5 Å². The Morgan fingerprint density at radius 1 is 1.16 bits per heavy atom. The molecule has 2 fully saturated rings. The molecule has 19 heavy (non-hydrogen) atoms. The van der Waals surface area contributed by atoms with Crippen LogP contribution < -0.4 is 5.73 Å². The first-order chi connectivity index (χ1) is 9.09. The van der Waals surface area contributed by atoms with Gasteiger partial charge in [-0.1, -0.05) is 6.42 Å². The Labute approximate surface area is 114 Å². The van der Waals surface area contributed by atoms with E-state index < -0.39 is 5.97 Å². The van der Waals surface area contributed by atoms with Crippen LogP contribution in [-0.2, 0) is 9.59 Å². The zero-order valence-electron chi connectivity index (χ0n) is 11.4. The second-order valence-corrected chi connectivity index (χ2v) is 5.81. The van der Waals surface area contributed by atoms with Crippen molar-refractivity contribution < 1.29 is 14.7 Å². The fourth-order valence-electron chi connectivity index (χ4n) is 3.39. The summed E-state index contributed by atoms with van der Waals surface area (Å²) >= 11 is 0. The Morgan fingerprint density at radius 3 is 2.58 bits per heavy atom. The first-order valence-corrected chi connectivity index (χ1v) is 7.37. The van der Waals surface area contributed by atoms with E-state index in [0.29, 0.717) is 6.42 Å². The molecule has 0 radical (unpaired) electrons. The molecule has 0 aromatic rings. The number of carbonyl (C=O) groups excluding carboxylic acids is 1. The number of carboxylic acids is 1. The molecule has 108 valence electrons. The molecule has 2 rings (SSSR count). The maximum atomic E-state index is 12.6. The van der Waals surface area contributed by atoms with Gasteiger partial charge in [0.25, 0.3) is 0 Å². The summed E-state index contributed by atoms with van der Waals surface area (Å²) < 4.78 is 0. The van der Waals surface area contributed by atoms with E-state index >= 15 is 0 Å². The second-order valence-electron chi connectivity index (χ2n) is 5.81. The zero-order valence-corrected chi connectivity index (χ0v) is 11.4. The van der Waals surface area contributed by atoms with Gasteiger partial charge in [0.1, 0.15) is 0 Å². The fraction of sp³-hybridized carbons (Fsp3) is 0.857. The Bertz CT molecular complexity index is 346. The van der Waals surface area contributed by atoms with E-state index in [2.05, 4.69) is 0 Å². The number of likely N-dealkylation sites (tertiary alicyclic amines) is 1. The first kappa shape index (κ1) is 14.3. The highest BCUT2D eigenvalue weighted by atomic mass is 16.4.